The highest BCUT2D eigenvalue weighted by Gasteiger charge is 2.15. The fraction of sp³-hybridized carbons (Fsp3) is 0.312. The Labute approximate surface area is 128 Å². The van der Waals surface area contributed by atoms with Crippen LogP contribution in [0, 0.1) is 0 Å². The van der Waals surface area contributed by atoms with Crippen molar-refractivity contribution in [2.24, 2.45) is 5.84 Å². The highest BCUT2D eigenvalue weighted by molar-refractivity contribution is 7.19. The minimum Gasteiger partial charge on any atom is -0.271 e. The molecule has 0 radical (unpaired) electrons. The van der Waals surface area contributed by atoms with E-state index < -0.39 is 0 Å². The first-order valence-electron chi connectivity index (χ1n) is 7.16. The van der Waals surface area contributed by atoms with Crippen molar-refractivity contribution in [3.63, 3.8) is 0 Å². The van der Waals surface area contributed by atoms with E-state index in [4.69, 9.17) is 5.84 Å². The topological polar surface area (TPSA) is 55.9 Å². The maximum atomic E-state index is 5.76. The summed E-state index contributed by atoms with van der Waals surface area (Å²) in [7, 11) is 0. The Kier molecular flexibility index (Phi) is 4.05. The monoisotopic (exact) mass is 300 g/mol. The van der Waals surface area contributed by atoms with E-state index in [2.05, 4.69) is 60.8 Å². The largest absolute Gasteiger partial charge is 0.271 e. The molecule has 0 spiro atoms. The molecular weight excluding hydrogens is 280 g/mol. The zero-order valence-electron chi connectivity index (χ0n) is 12.3. The second-order valence-electron chi connectivity index (χ2n) is 5.49. The van der Waals surface area contributed by atoms with Crippen molar-refractivity contribution in [3.05, 3.63) is 53.2 Å². The number of hydrazine groups is 1. The molecule has 3 N–H and O–H groups in total. The summed E-state index contributed by atoms with van der Waals surface area (Å²) >= 11 is 1.79. The summed E-state index contributed by atoms with van der Waals surface area (Å²) in [6.45, 7) is 4.25. The molecular formula is C16H20N4S. The first kappa shape index (κ1) is 14.3. The van der Waals surface area contributed by atoms with Crippen LogP contribution in [0.5, 0.6) is 0 Å². The second-order valence-corrected chi connectivity index (χ2v) is 6.61. The number of rotatable bonds is 5. The zero-order chi connectivity index (χ0) is 14.8. The highest BCUT2D eigenvalue weighted by atomic mass is 32.1. The van der Waals surface area contributed by atoms with Gasteiger partial charge in [-0.25, -0.2) is 0 Å². The predicted molar refractivity (Wildman–Crippen MR) is 88.2 cm³/mol. The Hall–Kier alpha value is -1.69. The lowest BCUT2D eigenvalue weighted by atomic mass is 10.1. The summed E-state index contributed by atoms with van der Waals surface area (Å²) in [5.41, 5.74) is 3.99. The first-order valence-corrected chi connectivity index (χ1v) is 7.97. The molecule has 3 rings (SSSR count). The van der Waals surface area contributed by atoms with E-state index in [0.29, 0.717) is 6.04 Å². The number of nitrogens with two attached hydrogens (primary N) is 1. The molecule has 0 bridgehead atoms. The molecule has 0 aliphatic carbocycles. The number of nitrogens with one attached hydrogen (secondary N) is 1. The maximum Gasteiger partial charge on any atom is 0.0644 e. The molecule has 3 aromatic rings. The number of hydrogen-bond donors (Lipinski definition) is 2. The molecule has 1 aromatic carbocycles. The SMILES string of the molecule is CC(C)n1ccc(CC(NN)c2cc3ccccc3s2)n1. The molecule has 0 amide bonds. The summed E-state index contributed by atoms with van der Waals surface area (Å²) in [5.74, 6) is 5.76. The summed E-state index contributed by atoms with van der Waals surface area (Å²) in [6, 6.07) is 13.2. The Morgan fingerprint density at radius 1 is 1.29 bits per heavy atom. The third kappa shape index (κ3) is 3.00. The van der Waals surface area contributed by atoms with E-state index in [1.807, 2.05) is 10.9 Å². The van der Waals surface area contributed by atoms with E-state index in [9.17, 15) is 0 Å². The molecule has 0 saturated carbocycles. The van der Waals surface area contributed by atoms with Crippen LogP contribution in [0.2, 0.25) is 0 Å². The molecule has 0 fully saturated rings. The van der Waals surface area contributed by atoms with Gasteiger partial charge in [0.25, 0.3) is 0 Å². The minimum atomic E-state index is 0.0953. The van der Waals surface area contributed by atoms with Crippen LogP contribution in [0.15, 0.2) is 42.6 Å². The van der Waals surface area contributed by atoms with Gasteiger partial charge in [-0.3, -0.25) is 16.0 Å². The van der Waals surface area contributed by atoms with Crippen LogP contribution in [0.1, 0.15) is 36.5 Å². The van der Waals surface area contributed by atoms with E-state index in [1.165, 1.54) is 15.0 Å². The van der Waals surface area contributed by atoms with Gasteiger partial charge in [-0.1, -0.05) is 18.2 Å². The highest BCUT2D eigenvalue weighted by Crippen LogP contribution is 2.30. The van der Waals surface area contributed by atoms with Gasteiger partial charge in [0, 0.05) is 28.2 Å². The lowest BCUT2D eigenvalue weighted by Crippen LogP contribution is -2.29. The van der Waals surface area contributed by atoms with Crippen molar-refractivity contribution in [2.75, 3.05) is 0 Å². The molecule has 21 heavy (non-hydrogen) atoms. The number of fused-ring (bicyclic) bond motifs is 1. The fourth-order valence-electron chi connectivity index (χ4n) is 2.40. The lowest BCUT2D eigenvalue weighted by Gasteiger charge is -2.12. The number of aromatic nitrogens is 2. The van der Waals surface area contributed by atoms with Crippen LogP contribution in [0.25, 0.3) is 10.1 Å². The summed E-state index contributed by atoms with van der Waals surface area (Å²) in [6.07, 6.45) is 2.82. The van der Waals surface area contributed by atoms with Crippen LogP contribution in [0.4, 0.5) is 0 Å². The van der Waals surface area contributed by atoms with E-state index in [0.717, 1.165) is 12.1 Å². The number of nitrogens with zero attached hydrogens (tertiary/aromatic N) is 2. The predicted octanol–water partition coefficient (Wildman–Crippen LogP) is 3.43. The van der Waals surface area contributed by atoms with E-state index in [-0.39, 0.29) is 6.04 Å². The van der Waals surface area contributed by atoms with Gasteiger partial charge in [0.2, 0.25) is 0 Å². The van der Waals surface area contributed by atoms with E-state index in [1.54, 1.807) is 11.3 Å². The van der Waals surface area contributed by atoms with Gasteiger partial charge >= 0.3 is 0 Å². The third-order valence-corrected chi connectivity index (χ3v) is 4.82. The zero-order valence-corrected chi connectivity index (χ0v) is 13.1. The molecule has 4 nitrogen and oxygen atoms in total. The Morgan fingerprint density at radius 3 is 2.76 bits per heavy atom. The molecule has 2 heterocycles. The number of hydrogen-bond acceptors (Lipinski definition) is 4. The second kappa shape index (κ2) is 5.97. The van der Waals surface area contributed by atoms with Gasteiger partial charge in [0.05, 0.1) is 11.7 Å². The molecule has 0 saturated heterocycles. The van der Waals surface area contributed by atoms with Gasteiger partial charge < -0.3 is 0 Å². The van der Waals surface area contributed by atoms with Crippen molar-refractivity contribution in [1.29, 1.82) is 0 Å². The van der Waals surface area contributed by atoms with Crippen molar-refractivity contribution in [2.45, 2.75) is 32.4 Å². The molecule has 0 aliphatic heterocycles. The van der Waals surface area contributed by atoms with E-state index >= 15 is 0 Å². The van der Waals surface area contributed by atoms with Crippen LogP contribution < -0.4 is 11.3 Å². The van der Waals surface area contributed by atoms with Crippen LogP contribution in [-0.2, 0) is 6.42 Å². The maximum absolute atomic E-state index is 5.76. The Morgan fingerprint density at radius 2 is 2.10 bits per heavy atom. The van der Waals surface area contributed by atoms with Crippen LogP contribution in [0.3, 0.4) is 0 Å². The standard InChI is InChI=1S/C16H20N4S/c1-11(2)20-8-7-13(19-20)10-14(18-17)16-9-12-5-3-4-6-15(12)21-16/h3-9,11,14,18H,10,17H2,1-2H3. The molecule has 0 aliphatic rings. The summed E-state index contributed by atoms with van der Waals surface area (Å²) < 4.78 is 3.27. The summed E-state index contributed by atoms with van der Waals surface area (Å²) in [5, 5.41) is 5.87. The van der Waals surface area contributed by atoms with Crippen molar-refractivity contribution in [1.82, 2.24) is 15.2 Å². The van der Waals surface area contributed by atoms with Crippen LogP contribution in [-0.4, -0.2) is 9.78 Å². The first-order chi connectivity index (χ1) is 10.2. The average Bonchev–Trinajstić information content (AvgIpc) is 3.11. The minimum absolute atomic E-state index is 0.0953. The molecule has 110 valence electrons. The number of benzene rings is 1. The van der Waals surface area contributed by atoms with Crippen molar-refractivity contribution >= 4 is 21.4 Å². The summed E-state index contributed by atoms with van der Waals surface area (Å²) in [4.78, 5) is 1.25. The number of thiophene rings is 1. The Bertz CT molecular complexity index is 696. The fourth-order valence-corrected chi connectivity index (χ4v) is 3.52. The van der Waals surface area contributed by atoms with Gasteiger partial charge in [-0.15, -0.1) is 11.3 Å². The molecule has 2 aromatic heterocycles. The average molecular weight is 300 g/mol. The molecule has 1 unspecified atom stereocenters. The molecule has 1 atom stereocenters. The van der Waals surface area contributed by atoms with Crippen molar-refractivity contribution < 1.29 is 0 Å². The molecule has 5 heteroatoms. The van der Waals surface area contributed by atoms with Crippen LogP contribution >= 0.6 is 11.3 Å². The van der Waals surface area contributed by atoms with Gasteiger partial charge in [-0.2, -0.15) is 5.10 Å². The lowest BCUT2D eigenvalue weighted by molar-refractivity contribution is 0.509. The van der Waals surface area contributed by atoms with Crippen molar-refractivity contribution in [3.8, 4) is 0 Å². The smallest absolute Gasteiger partial charge is 0.0644 e. The quantitative estimate of drug-likeness (QED) is 0.560. The normalized spacial score (nSPS) is 13.1. The third-order valence-electron chi connectivity index (χ3n) is 3.60. The van der Waals surface area contributed by atoms with Gasteiger partial charge in [-0.05, 0) is 37.4 Å². The van der Waals surface area contributed by atoms with Gasteiger partial charge in [0.15, 0.2) is 0 Å². The Balaban J connectivity index is 1.83. The van der Waals surface area contributed by atoms with Gasteiger partial charge in [0.1, 0.15) is 0 Å².